The number of fused-ring (bicyclic) bond motifs is 1. The molecule has 5 rings (SSSR count). The Hall–Kier alpha value is -3.02. The van der Waals surface area contributed by atoms with E-state index in [1.807, 2.05) is 12.1 Å². The van der Waals surface area contributed by atoms with Gasteiger partial charge in [0.25, 0.3) is 5.91 Å². The molecule has 1 unspecified atom stereocenters. The van der Waals surface area contributed by atoms with Crippen molar-refractivity contribution in [2.24, 2.45) is 0 Å². The van der Waals surface area contributed by atoms with E-state index in [0.29, 0.717) is 52.5 Å². The van der Waals surface area contributed by atoms with Gasteiger partial charge in [0.2, 0.25) is 21.8 Å². The van der Waals surface area contributed by atoms with E-state index in [2.05, 4.69) is 29.4 Å². The highest BCUT2D eigenvalue weighted by Gasteiger charge is 2.33. The maximum absolute atomic E-state index is 13.3. The monoisotopic (exact) mass is 514 g/mol. The van der Waals surface area contributed by atoms with Crippen LogP contribution in [0.4, 0.5) is 5.69 Å². The van der Waals surface area contributed by atoms with Crippen molar-refractivity contribution in [1.82, 2.24) is 14.5 Å². The number of amides is 1. The summed E-state index contributed by atoms with van der Waals surface area (Å²) in [5.74, 6) is 1.05. The molecule has 3 aromatic rings. The third-order valence-electron chi connectivity index (χ3n) is 6.18. The van der Waals surface area contributed by atoms with Crippen LogP contribution in [0.25, 0.3) is 0 Å². The lowest BCUT2D eigenvalue weighted by Crippen LogP contribution is -2.39. The van der Waals surface area contributed by atoms with Crippen LogP contribution in [0.15, 0.2) is 47.4 Å². The summed E-state index contributed by atoms with van der Waals surface area (Å²) in [6.07, 6.45) is 1.50. The predicted molar refractivity (Wildman–Crippen MR) is 132 cm³/mol. The minimum atomic E-state index is -3.61. The zero-order chi connectivity index (χ0) is 24.6. The molecule has 1 atom stereocenters. The van der Waals surface area contributed by atoms with Crippen molar-refractivity contribution < 1.29 is 22.7 Å². The summed E-state index contributed by atoms with van der Waals surface area (Å²) < 4.78 is 38.6. The number of nitrogens with zero attached hydrogens (tertiary/aromatic N) is 3. The van der Waals surface area contributed by atoms with Crippen LogP contribution in [0.5, 0.6) is 11.5 Å². The molecule has 0 saturated carbocycles. The topological polar surface area (TPSA) is 111 Å². The first-order valence-corrected chi connectivity index (χ1v) is 13.7. The van der Waals surface area contributed by atoms with E-state index in [0.717, 1.165) is 12.0 Å². The predicted octanol–water partition coefficient (Wildman–Crippen LogP) is 4.21. The van der Waals surface area contributed by atoms with Crippen LogP contribution < -0.4 is 14.8 Å². The Morgan fingerprint density at radius 3 is 2.66 bits per heavy atom. The molecule has 184 valence electrons. The first kappa shape index (κ1) is 23.7. The third-order valence-corrected chi connectivity index (χ3v) is 9.15. The zero-order valence-electron chi connectivity index (χ0n) is 19.4. The van der Waals surface area contributed by atoms with E-state index >= 15 is 0 Å². The summed E-state index contributed by atoms with van der Waals surface area (Å²) in [7, 11) is -3.61. The Morgan fingerprint density at radius 2 is 1.89 bits per heavy atom. The fourth-order valence-electron chi connectivity index (χ4n) is 4.19. The normalized spacial score (nSPS) is 18.1. The van der Waals surface area contributed by atoms with Gasteiger partial charge < -0.3 is 14.8 Å². The summed E-state index contributed by atoms with van der Waals surface area (Å²) in [6.45, 7) is 5.08. The Balaban J connectivity index is 1.27. The van der Waals surface area contributed by atoms with E-state index in [-0.39, 0.29) is 23.6 Å². The summed E-state index contributed by atoms with van der Waals surface area (Å²) in [4.78, 5) is 13.0. The molecule has 1 saturated heterocycles. The van der Waals surface area contributed by atoms with Gasteiger partial charge in [-0.1, -0.05) is 37.3 Å². The molecule has 0 spiro atoms. The number of carbonyl (C=O) groups excluding carboxylic acids is 1. The molecule has 3 heterocycles. The lowest BCUT2D eigenvalue weighted by molar-refractivity contribution is 0.102. The van der Waals surface area contributed by atoms with E-state index in [1.54, 1.807) is 30.3 Å². The minimum Gasteiger partial charge on any atom is -0.454 e. The highest BCUT2D eigenvalue weighted by molar-refractivity contribution is 7.89. The smallest absolute Gasteiger partial charge is 0.286 e. The molecule has 0 aliphatic carbocycles. The van der Waals surface area contributed by atoms with Gasteiger partial charge in [-0.3, -0.25) is 4.79 Å². The second-order valence-electron chi connectivity index (χ2n) is 8.89. The number of piperidine rings is 1. The number of carbonyl (C=O) groups is 1. The van der Waals surface area contributed by atoms with E-state index < -0.39 is 10.0 Å². The molecule has 35 heavy (non-hydrogen) atoms. The van der Waals surface area contributed by atoms with Crippen molar-refractivity contribution in [2.75, 3.05) is 25.2 Å². The van der Waals surface area contributed by atoms with Gasteiger partial charge in [-0.25, -0.2) is 8.42 Å². The second-order valence-corrected chi connectivity index (χ2v) is 11.8. The van der Waals surface area contributed by atoms with Crippen LogP contribution in [-0.2, 0) is 10.0 Å². The number of hydrogen-bond donors (Lipinski definition) is 1. The fraction of sp³-hybridized carbons (Fsp3) is 0.375. The van der Waals surface area contributed by atoms with Crippen LogP contribution in [0.1, 0.15) is 58.9 Å². The molecule has 0 radical (unpaired) electrons. The Morgan fingerprint density at radius 1 is 1.11 bits per heavy atom. The van der Waals surface area contributed by atoms with Crippen LogP contribution >= 0.6 is 11.3 Å². The summed E-state index contributed by atoms with van der Waals surface area (Å²) in [5, 5.41) is 12.0. The SMILES string of the molecule is CC(C)c1ccc(S(=O)(=O)N2CCCC(c3nnc(C(=O)Nc4ccc5c(c4)OCO5)s3)C2)cc1. The zero-order valence-corrected chi connectivity index (χ0v) is 21.1. The van der Waals surface area contributed by atoms with Crippen molar-refractivity contribution in [3.8, 4) is 11.5 Å². The number of ether oxygens (including phenoxy) is 2. The molecule has 1 N–H and O–H groups in total. The molecule has 1 amide bonds. The van der Waals surface area contributed by atoms with Gasteiger partial charge in [-0.15, -0.1) is 10.2 Å². The summed E-state index contributed by atoms with van der Waals surface area (Å²) in [5.41, 5.74) is 1.66. The minimum absolute atomic E-state index is 0.113. The van der Waals surface area contributed by atoms with Gasteiger partial charge >= 0.3 is 0 Å². The highest BCUT2D eigenvalue weighted by Crippen LogP contribution is 2.35. The molecule has 9 nitrogen and oxygen atoms in total. The van der Waals surface area contributed by atoms with Gasteiger partial charge in [-0.05, 0) is 48.6 Å². The van der Waals surface area contributed by atoms with E-state index in [4.69, 9.17) is 9.47 Å². The summed E-state index contributed by atoms with van der Waals surface area (Å²) in [6, 6.07) is 12.3. The maximum Gasteiger partial charge on any atom is 0.286 e. The maximum atomic E-state index is 13.3. The second kappa shape index (κ2) is 9.56. The first-order chi connectivity index (χ1) is 16.8. The number of rotatable bonds is 6. The number of sulfonamides is 1. The van der Waals surface area contributed by atoms with E-state index in [9.17, 15) is 13.2 Å². The largest absolute Gasteiger partial charge is 0.454 e. The van der Waals surface area contributed by atoms with Crippen LogP contribution in [0.3, 0.4) is 0 Å². The van der Waals surface area contributed by atoms with Crippen molar-refractivity contribution in [2.45, 2.75) is 43.4 Å². The van der Waals surface area contributed by atoms with Crippen molar-refractivity contribution >= 4 is 33.0 Å². The van der Waals surface area contributed by atoms with Gasteiger partial charge in [0.1, 0.15) is 5.01 Å². The van der Waals surface area contributed by atoms with Gasteiger partial charge in [-0.2, -0.15) is 4.31 Å². The highest BCUT2D eigenvalue weighted by atomic mass is 32.2. The standard InChI is InChI=1S/C24H26N4O5S2/c1-15(2)16-5-8-19(9-6-16)35(30,31)28-11-3-4-17(13-28)23-26-27-24(34-23)22(29)25-18-7-10-20-21(12-18)33-14-32-20/h5-10,12,15,17H,3-4,11,13-14H2,1-2H3,(H,25,29). The van der Waals surface area contributed by atoms with Gasteiger partial charge in [0.15, 0.2) is 11.5 Å². The number of benzene rings is 2. The van der Waals surface area contributed by atoms with E-state index in [1.165, 1.54) is 15.6 Å². The third kappa shape index (κ3) is 4.89. The lowest BCUT2D eigenvalue weighted by Gasteiger charge is -2.30. The quantitative estimate of drug-likeness (QED) is 0.525. The lowest BCUT2D eigenvalue weighted by atomic mass is 10.0. The molecule has 1 fully saturated rings. The molecule has 0 bridgehead atoms. The number of aromatic nitrogens is 2. The Labute approximate surface area is 208 Å². The summed E-state index contributed by atoms with van der Waals surface area (Å²) >= 11 is 1.19. The molecule has 2 aliphatic rings. The molecular weight excluding hydrogens is 488 g/mol. The number of anilines is 1. The fourth-order valence-corrected chi connectivity index (χ4v) is 6.57. The Kier molecular flexibility index (Phi) is 6.47. The molecule has 2 aliphatic heterocycles. The van der Waals surface area contributed by atoms with Gasteiger partial charge in [0, 0.05) is 30.8 Å². The Bertz CT molecular complexity index is 1340. The van der Waals surface area contributed by atoms with Crippen LogP contribution in [0, 0.1) is 0 Å². The average molecular weight is 515 g/mol. The molecule has 11 heteroatoms. The van der Waals surface area contributed by atoms with Gasteiger partial charge in [0.05, 0.1) is 4.90 Å². The van der Waals surface area contributed by atoms with Crippen molar-refractivity contribution in [3.63, 3.8) is 0 Å². The van der Waals surface area contributed by atoms with Crippen molar-refractivity contribution in [3.05, 3.63) is 58.0 Å². The van der Waals surface area contributed by atoms with Crippen molar-refractivity contribution in [1.29, 1.82) is 0 Å². The van der Waals surface area contributed by atoms with Crippen LogP contribution in [-0.4, -0.2) is 48.7 Å². The first-order valence-electron chi connectivity index (χ1n) is 11.5. The molecular formula is C24H26N4O5S2. The number of hydrogen-bond acceptors (Lipinski definition) is 8. The molecule has 1 aromatic heterocycles. The average Bonchev–Trinajstić information content (AvgIpc) is 3.54. The van der Waals surface area contributed by atoms with Crippen LogP contribution in [0.2, 0.25) is 0 Å². The number of nitrogens with one attached hydrogen (secondary N) is 1. The molecule has 2 aromatic carbocycles.